The number of hydrogen-bond acceptors (Lipinski definition) is 2. The summed E-state index contributed by atoms with van der Waals surface area (Å²) in [6, 6.07) is 10.9. The van der Waals surface area contributed by atoms with Gasteiger partial charge in [-0.2, -0.15) is 0 Å². The average molecular weight is 297 g/mol. The van der Waals surface area contributed by atoms with Crippen molar-refractivity contribution in [2.75, 3.05) is 0 Å². The van der Waals surface area contributed by atoms with E-state index in [-0.39, 0.29) is 0 Å². The van der Waals surface area contributed by atoms with Crippen LogP contribution in [0.25, 0.3) is 21.5 Å². The van der Waals surface area contributed by atoms with Crippen LogP contribution in [0.3, 0.4) is 0 Å². The summed E-state index contributed by atoms with van der Waals surface area (Å²) < 4.78 is 0. The summed E-state index contributed by atoms with van der Waals surface area (Å²) in [6.07, 6.45) is 1.02. The number of rotatable bonds is 3. The topological polar surface area (TPSA) is 32.9 Å². The van der Waals surface area contributed by atoms with Crippen molar-refractivity contribution in [1.82, 2.24) is 4.98 Å². The van der Waals surface area contributed by atoms with E-state index in [2.05, 4.69) is 49.2 Å². The highest BCUT2D eigenvalue weighted by Gasteiger charge is 2.22. The molecule has 0 aliphatic rings. The number of fused-ring (bicyclic) bond motifs is 1. The molecule has 0 saturated heterocycles. The molecule has 108 valence electrons. The first-order chi connectivity index (χ1) is 9.89. The summed E-state index contributed by atoms with van der Waals surface area (Å²) >= 11 is 1.67. The Hall–Kier alpha value is -1.87. The fraction of sp³-hybridized carbons (Fsp3) is 0.278. The Morgan fingerprint density at radius 3 is 2.29 bits per heavy atom. The van der Waals surface area contributed by atoms with Crippen LogP contribution in [0.4, 0.5) is 0 Å². The minimum atomic E-state index is -0.412. The van der Waals surface area contributed by atoms with E-state index in [9.17, 15) is 4.79 Å². The molecule has 0 aliphatic heterocycles. The van der Waals surface area contributed by atoms with Gasteiger partial charge in [-0.05, 0) is 57.5 Å². The molecule has 2 nitrogen and oxygen atoms in total. The van der Waals surface area contributed by atoms with Crippen molar-refractivity contribution in [2.45, 2.75) is 33.1 Å². The lowest BCUT2D eigenvalue weighted by Crippen LogP contribution is -2.16. The summed E-state index contributed by atoms with van der Waals surface area (Å²) in [5.74, 6) is 0. The van der Waals surface area contributed by atoms with E-state index in [4.69, 9.17) is 0 Å². The van der Waals surface area contributed by atoms with Gasteiger partial charge in [0.1, 0.15) is 11.1 Å². The molecular formula is C18H19NOS. The van der Waals surface area contributed by atoms with Crippen molar-refractivity contribution in [3.63, 3.8) is 0 Å². The van der Waals surface area contributed by atoms with Gasteiger partial charge < -0.3 is 9.78 Å². The molecule has 2 heterocycles. The molecule has 21 heavy (non-hydrogen) atoms. The van der Waals surface area contributed by atoms with E-state index < -0.39 is 5.41 Å². The third kappa shape index (κ3) is 2.54. The van der Waals surface area contributed by atoms with E-state index in [0.717, 1.165) is 21.7 Å². The summed E-state index contributed by atoms with van der Waals surface area (Å²) in [5, 5.41) is 1.18. The maximum absolute atomic E-state index is 11.2. The Morgan fingerprint density at radius 2 is 1.71 bits per heavy atom. The highest BCUT2D eigenvalue weighted by molar-refractivity contribution is 7.18. The monoisotopic (exact) mass is 297 g/mol. The Balaban J connectivity index is 2.07. The van der Waals surface area contributed by atoms with Gasteiger partial charge in [-0.25, -0.2) is 0 Å². The molecule has 0 spiro atoms. The van der Waals surface area contributed by atoms with Crippen LogP contribution in [-0.4, -0.2) is 11.3 Å². The lowest BCUT2D eigenvalue weighted by atomic mass is 9.93. The smallest absolute Gasteiger partial charge is 0.130 e. The first-order valence-corrected chi connectivity index (χ1v) is 7.89. The fourth-order valence-corrected chi connectivity index (χ4v) is 3.70. The van der Waals surface area contributed by atoms with Gasteiger partial charge in [-0.15, -0.1) is 11.3 Å². The average Bonchev–Trinajstić information content (AvgIpc) is 2.95. The first kappa shape index (κ1) is 14.1. The molecule has 3 rings (SSSR count). The largest absolute Gasteiger partial charge is 0.346 e. The summed E-state index contributed by atoms with van der Waals surface area (Å²) in [4.78, 5) is 16.9. The number of benzene rings is 1. The third-order valence-electron chi connectivity index (χ3n) is 3.77. The lowest BCUT2D eigenvalue weighted by molar-refractivity contribution is -0.111. The first-order valence-electron chi connectivity index (χ1n) is 7.07. The van der Waals surface area contributed by atoms with Crippen LogP contribution in [0.2, 0.25) is 0 Å². The highest BCUT2D eigenvalue weighted by Crippen LogP contribution is 2.35. The number of H-pyrrole nitrogens is 1. The molecule has 0 unspecified atom stereocenters. The van der Waals surface area contributed by atoms with Crippen molar-refractivity contribution < 1.29 is 4.79 Å². The minimum absolute atomic E-state index is 0.412. The minimum Gasteiger partial charge on any atom is -0.346 e. The van der Waals surface area contributed by atoms with Crippen molar-refractivity contribution in [3.8, 4) is 11.3 Å². The standard InChI is InChI=1S/C18H19NOS/c1-11-5-12(2)7-13(6-11)15-8-14-9-16(18(3,4)10-20)21-17(14)19-15/h5-10,19H,1-4H3. The number of aromatic amines is 1. The normalized spacial score (nSPS) is 12.0. The predicted octanol–water partition coefficient (Wildman–Crippen LogP) is 4.99. The Bertz CT molecular complexity index is 771. The van der Waals surface area contributed by atoms with E-state index in [1.54, 1.807) is 11.3 Å². The van der Waals surface area contributed by atoms with Crippen molar-refractivity contribution in [2.24, 2.45) is 0 Å². The van der Waals surface area contributed by atoms with Gasteiger partial charge in [0.15, 0.2) is 0 Å². The van der Waals surface area contributed by atoms with Crippen LogP contribution in [0, 0.1) is 13.8 Å². The number of aryl methyl sites for hydroxylation is 2. The number of carbonyl (C=O) groups excluding carboxylic acids is 1. The van der Waals surface area contributed by atoms with Crippen LogP contribution in [0.15, 0.2) is 30.3 Å². The number of nitrogens with one attached hydrogen (secondary N) is 1. The Labute approximate surface area is 128 Å². The van der Waals surface area contributed by atoms with Gasteiger partial charge >= 0.3 is 0 Å². The van der Waals surface area contributed by atoms with Crippen LogP contribution < -0.4 is 0 Å². The van der Waals surface area contributed by atoms with Gasteiger partial charge in [-0.3, -0.25) is 0 Å². The van der Waals surface area contributed by atoms with Crippen molar-refractivity contribution >= 4 is 27.8 Å². The molecular weight excluding hydrogens is 278 g/mol. The zero-order valence-electron chi connectivity index (χ0n) is 12.8. The molecule has 0 amide bonds. The molecule has 0 atom stereocenters. The molecule has 0 aliphatic carbocycles. The van der Waals surface area contributed by atoms with E-state index in [0.29, 0.717) is 0 Å². The molecule has 0 radical (unpaired) electrons. The fourth-order valence-electron chi connectivity index (χ4n) is 2.59. The van der Waals surface area contributed by atoms with E-state index in [1.165, 1.54) is 22.1 Å². The highest BCUT2D eigenvalue weighted by atomic mass is 32.1. The molecule has 1 N–H and O–H groups in total. The molecule has 0 saturated carbocycles. The zero-order chi connectivity index (χ0) is 15.2. The van der Waals surface area contributed by atoms with Gasteiger partial charge in [0.25, 0.3) is 0 Å². The second-order valence-corrected chi connectivity index (χ2v) is 7.35. The van der Waals surface area contributed by atoms with Gasteiger partial charge in [-0.1, -0.05) is 17.2 Å². The Kier molecular flexibility index (Phi) is 3.25. The maximum atomic E-state index is 11.2. The second-order valence-electron chi connectivity index (χ2n) is 6.29. The number of hydrogen-bond donors (Lipinski definition) is 1. The van der Waals surface area contributed by atoms with Gasteiger partial charge in [0.2, 0.25) is 0 Å². The molecule has 2 aromatic heterocycles. The van der Waals surface area contributed by atoms with Crippen molar-refractivity contribution in [3.05, 3.63) is 46.3 Å². The number of aldehydes is 1. The van der Waals surface area contributed by atoms with E-state index in [1.807, 2.05) is 13.8 Å². The van der Waals surface area contributed by atoms with Gasteiger partial charge in [0.05, 0.1) is 5.41 Å². The predicted molar refractivity (Wildman–Crippen MR) is 90.2 cm³/mol. The van der Waals surface area contributed by atoms with Crippen LogP contribution in [0.5, 0.6) is 0 Å². The molecule has 1 aromatic carbocycles. The summed E-state index contributed by atoms with van der Waals surface area (Å²) in [6.45, 7) is 8.14. The van der Waals surface area contributed by atoms with Crippen LogP contribution >= 0.6 is 11.3 Å². The molecule has 3 heteroatoms. The number of aromatic nitrogens is 1. The van der Waals surface area contributed by atoms with Gasteiger partial charge in [0, 0.05) is 16.0 Å². The number of carbonyl (C=O) groups is 1. The number of thiophene rings is 1. The SMILES string of the molecule is Cc1cc(C)cc(-c2cc3cc(C(C)(C)C=O)sc3[nH]2)c1. The molecule has 3 aromatic rings. The molecule has 0 bridgehead atoms. The summed E-state index contributed by atoms with van der Waals surface area (Å²) in [5.41, 5.74) is 4.48. The second kappa shape index (κ2) is 4.85. The van der Waals surface area contributed by atoms with Crippen molar-refractivity contribution in [1.29, 1.82) is 0 Å². The quantitative estimate of drug-likeness (QED) is 0.679. The van der Waals surface area contributed by atoms with Crippen LogP contribution in [0.1, 0.15) is 29.9 Å². The maximum Gasteiger partial charge on any atom is 0.130 e. The van der Waals surface area contributed by atoms with E-state index >= 15 is 0 Å². The molecule has 0 fully saturated rings. The Morgan fingerprint density at radius 1 is 1.05 bits per heavy atom. The summed E-state index contributed by atoms with van der Waals surface area (Å²) in [7, 11) is 0. The third-order valence-corrected chi connectivity index (χ3v) is 5.18. The zero-order valence-corrected chi connectivity index (χ0v) is 13.6. The lowest BCUT2D eigenvalue weighted by Gasteiger charge is -2.13. The van der Waals surface area contributed by atoms with Crippen LogP contribution in [-0.2, 0) is 10.2 Å².